The summed E-state index contributed by atoms with van der Waals surface area (Å²) >= 11 is 1.47. The van der Waals surface area contributed by atoms with Crippen LogP contribution in [0, 0.1) is 5.92 Å². The lowest BCUT2D eigenvalue weighted by atomic mass is 10.0. The van der Waals surface area contributed by atoms with Gasteiger partial charge in [0.2, 0.25) is 0 Å². The number of nitrogens with one attached hydrogen (secondary N) is 1. The number of thiophene rings is 1. The van der Waals surface area contributed by atoms with Crippen LogP contribution in [-0.2, 0) is 0 Å². The summed E-state index contributed by atoms with van der Waals surface area (Å²) in [6.07, 6.45) is 1.57. The molecule has 3 N–H and O–H groups in total. The third-order valence-corrected chi connectivity index (χ3v) is 4.03. The molecule has 96 valence electrons. The van der Waals surface area contributed by atoms with Gasteiger partial charge in [0.25, 0.3) is 0 Å². The molecular weight excluding hydrogens is 232 g/mol. The highest BCUT2D eigenvalue weighted by Gasteiger charge is 2.16. The van der Waals surface area contributed by atoms with E-state index in [1.165, 1.54) is 11.3 Å². The van der Waals surface area contributed by atoms with Crippen molar-refractivity contribution >= 4 is 27.8 Å². The summed E-state index contributed by atoms with van der Waals surface area (Å²) in [5.74, 6) is 0.687. The Labute approximate surface area is 107 Å². The highest BCUT2D eigenvalue weighted by Crippen LogP contribution is 2.31. The third kappa shape index (κ3) is 3.46. The number of nitrogen functional groups attached to an aromatic ring is 1. The van der Waals surface area contributed by atoms with E-state index in [9.17, 15) is 4.79 Å². The van der Waals surface area contributed by atoms with Gasteiger partial charge in [-0.2, -0.15) is 0 Å². The van der Waals surface area contributed by atoms with E-state index in [-0.39, 0.29) is 5.78 Å². The SMILES string of the molecule is CCC(=O)c1sc(NC(CC)C(C)C)cc1N. The maximum absolute atomic E-state index is 11.6. The van der Waals surface area contributed by atoms with Crippen LogP contribution in [0.2, 0.25) is 0 Å². The van der Waals surface area contributed by atoms with Crippen molar-refractivity contribution in [2.45, 2.75) is 46.6 Å². The fourth-order valence-electron chi connectivity index (χ4n) is 1.78. The minimum Gasteiger partial charge on any atom is -0.397 e. The molecule has 0 saturated heterocycles. The van der Waals surface area contributed by atoms with E-state index in [0.29, 0.717) is 28.9 Å². The Morgan fingerprint density at radius 2 is 2.12 bits per heavy atom. The molecule has 1 heterocycles. The van der Waals surface area contributed by atoms with Crippen molar-refractivity contribution in [2.75, 3.05) is 11.1 Å². The monoisotopic (exact) mass is 254 g/mol. The molecule has 0 bridgehead atoms. The quantitative estimate of drug-likeness (QED) is 0.760. The topological polar surface area (TPSA) is 55.1 Å². The van der Waals surface area contributed by atoms with Crippen LogP contribution in [0.25, 0.3) is 0 Å². The lowest BCUT2D eigenvalue weighted by molar-refractivity contribution is 0.0993. The molecular formula is C13H22N2OS. The van der Waals surface area contributed by atoms with Crippen LogP contribution in [0.5, 0.6) is 0 Å². The van der Waals surface area contributed by atoms with Gasteiger partial charge in [0.15, 0.2) is 5.78 Å². The summed E-state index contributed by atoms with van der Waals surface area (Å²) in [5.41, 5.74) is 6.46. The molecule has 0 aromatic carbocycles. The van der Waals surface area contributed by atoms with Gasteiger partial charge in [-0.25, -0.2) is 0 Å². The molecule has 17 heavy (non-hydrogen) atoms. The zero-order chi connectivity index (χ0) is 13.0. The number of carbonyl (C=O) groups is 1. The van der Waals surface area contributed by atoms with Crippen molar-refractivity contribution in [3.8, 4) is 0 Å². The molecule has 0 fully saturated rings. The van der Waals surface area contributed by atoms with Gasteiger partial charge in [-0.15, -0.1) is 11.3 Å². The molecule has 4 heteroatoms. The Bertz CT molecular complexity index is 385. The van der Waals surface area contributed by atoms with Crippen molar-refractivity contribution in [3.63, 3.8) is 0 Å². The van der Waals surface area contributed by atoms with Crippen molar-refractivity contribution in [2.24, 2.45) is 5.92 Å². The molecule has 1 aromatic heterocycles. The molecule has 1 aromatic rings. The lowest BCUT2D eigenvalue weighted by Crippen LogP contribution is -2.23. The number of hydrogen-bond donors (Lipinski definition) is 2. The molecule has 1 rings (SSSR count). The van der Waals surface area contributed by atoms with Gasteiger partial charge in [0.05, 0.1) is 15.6 Å². The van der Waals surface area contributed by atoms with Crippen LogP contribution in [0.3, 0.4) is 0 Å². The first kappa shape index (κ1) is 14.0. The largest absolute Gasteiger partial charge is 0.397 e. The number of anilines is 2. The molecule has 1 unspecified atom stereocenters. The molecule has 1 atom stereocenters. The van der Waals surface area contributed by atoms with Crippen LogP contribution in [0.4, 0.5) is 10.7 Å². The van der Waals surface area contributed by atoms with E-state index in [1.807, 2.05) is 13.0 Å². The predicted octanol–water partition coefficient (Wildman–Crippen LogP) is 3.77. The number of nitrogens with two attached hydrogens (primary N) is 1. The molecule has 0 aliphatic carbocycles. The molecule has 0 saturated carbocycles. The minimum absolute atomic E-state index is 0.123. The minimum atomic E-state index is 0.123. The highest BCUT2D eigenvalue weighted by molar-refractivity contribution is 7.18. The molecule has 0 aliphatic rings. The Kier molecular flexibility index (Phi) is 5.00. The molecule has 0 amide bonds. The van der Waals surface area contributed by atoms with Crippen molar-refractivity contribution in [3.05, 3.63) is 10.9 Å². The zero-order valence-corrected chi connectivity index (χ0v) is 11.9. The van der Waals surface area contributed by atoms with Crippen LogP contribution < -0.4 is 11.1 Å². The number of hydrogen-bond acceptors (Lipinski definition) is 4. The van der Waals surface area contributed by atoms with E-state index >= 15 is 0 Å². The van der Waals surface area contributed by atoms with E-state index in [1.54, 1.807) is 0 Å². The second-order valence-electron chi connectivity index (χ2n) is 4.57. The number of carbonyl (C=O) groups excluding carboxylic acids is 1. The Morgan fingerprint density at radius 3 is 2.59 bits per heavy atom. The Morgan fingerprint density at radius 1 is 1.47 bits per heavy atom. The lowest BCUT2D eigenvalue weighted by Gasteiger charge is -2.20. The number of rotatable bonds is 6. The van der Waals surface area contributed by atoms with Gasteiger partial charge in [0, 0.05) is 12.5 Å². The van der Waals surface area contributed by atoms with E-state index in [2.05, 4.69) is 26.1 Å². The van der Waals surface area contributed by atoms with Crippen LogP contribution in [0.1, 0.15) is 50.2 Å². The summed E-state index contributed by atoms with van der Waals surface area (Å²) in [6.45, 7) is 8.40. The average Bonchev–Trinajstić information content (AvgIpc) is 2.65. The van der Waals surface area contributed by atoms with E-state index in [4.69, 9.17) is 5.73 Å². The fraction of sp³-hybridized carbons (Fsp3) is 0.615. The van der Waals surface area contributed by atoms with Crippen molar-refractivity contribution in [1.29, 1.82) is 0 Å². The smallest absolute Gasteiger partial charge is 0.174 e. The summed E-state index contributed by atoms with van der Waals surface area (Å²) in [4.78, 5) is 12.3. The van der Waals surface area contributed by atoms with Gasteiger partial charge in [-0.3, -0.25) is 4.79 Å². The van der Waals surface area contributed by atoms with Crippen molar-refractivity contribution < 1.29 is 4.79 Å². The van der Waals surface area contributed by atoms with Gasteiger partial charge in [-0.1, -0.05) is 27.7 Å². The van der Waals surface area contributed by atoms with Gasteiger partial charge in [0.1, 0.15) is 0 Å². The van der Waals surface area contributed by atoms with E-state index < -0.39 is 0 Å². The summed E-state index contributed by atoms with van der Waals surface area (Å²) in [5, 5.41) is 4.45. The fourth-order valence-corrected chi connectivity index (χ4v) is 2.83. The normalized spacial score (nSPS) is 12.8. The molecule has 3 nitrogen and oxygen atoms in total. The maximum atomic E-state index is 11.6. The first-order valence-corrected chi connectivity index (χ1v) is 7.00. The predicted molar refractivity (Wildman–Crippen MR) is 75.9 cm³/mol. The molecule has 0 spiro atoms. The molecule has 0 radical (unpaired) electrons. The zero-order valence-electron chi connectivity index (χ0n) is 11.0. The second kappa shape index (κ2) is 6.05. The third-order valence-electron chi connectivity index (χ3n) is 2.91. The number of Topliss-reactive ketones (excluding diaryl/α,β-unsaturated/α-hetero) is 1. The first-order valence-electron chi connectivity index (χ1n) is 6.18. The van der Waals surface area contributed by atoms with Crippen LogP contribution in [0.15, 0.2) is 6.07 Å². The van der Waals surface area contributed by atoms with E-state index in [0.717, 1.165) is 11.4 Å². The standard InChI is InChI=1S/C13H22N2OS/c1-5-10(8(3)4)15-12-7-9(14)13(17-12)11(16)6-2/h7-8,10,15H,5-6,14H2,1-4H3. The first-order chi connectivity index (χ1) is 7.99. The Hall–Kier alpha value is -1.03. The maximum Gasteiger partial charge on any atom is 0.174 e. The van der Waals surface area contributed by atoms with Crippen LogP contribution >= 0.6 is 11.3 Å². The van der Waals surface area contributed by atoms with Gasteiger partial charge < -0.3 is 11.1 Å². The summed E-state index contributed by atoms with van der Waals surface area (Å²) < 4.78 is 0. The summed E-state index contributed by atoms with van der Waals surface area (Å²) in [7, 11) is 0. The Balaban J connectivity index is 2.83. The molecule has 0 aliphatic heterocycles. The summed E-state index contributed by atoms with van der Waals surface area (Å²) in [6, 6.07) is 2.30. The number of ketones is 1. The highest BCUT2D eigenvalue weighted by atomic mass is 32.1. The van der Waals surface area contributed by atoms with Gasteiger partial charge in [-0.05, 0) is 18.4 Å². The average molecular weight is 254 g/mol. The van der Waals surface area contributed by atoms with Crippen LogP contribution in [-0.4, -0.2) is 11.8 Å². The van der Waals surface area contributed by atoms with Crippen molar-refractivity contribution in [1.82, 2.24) is 0 Å². The van der Waals surface area contributed by atoms with Gasteiger partial charge >= 0.3 is 0 Å². The second-order valence-corrected chi connectivity index (χ2v) is 5.63.